The van der Waals surface area contributed by atoms with Crippen molar-refractivity contribution in [3.8, 4) is 17.0 Å². The van der Waals surface area contributed by atoms with Gasteiger partial charge in [0.1, 0.15) is 23.2 Å². The van der Waals surface area contributed by atoms with E-state index in [1.54, 1.807) is 12.3 Å². The zero-order chi connectivity index (χ0) is 28.6. The van der Waals surface area contributed by atoms with Gasteiger partial charge in [0.05, 0.1) is 23.0 Å². The highest BCUT2D eigenvalue weighted by Gasteiger charge is 2.55. The molecular weight excluding hydrogens is 547 g/mol. The average molecular weight is 575 g/mol. The van der Waals surface area contributed by atoms with Crippen LogP contribution in [0.25, 0.3) is 43.8 Å². The number of aryl methyl sites for hydroxylation is 1. The Labute approximate surface area is 237 Å². The maximum atomic E-state index is 16.6. The van der Waals surface area contributed by atoms with Crippen molar-refractivity contribution in [2.75, 3.05) is 26.7 Å². The van der Waals surface area contributed by atoms with Gasteiger partial charge in [0.25, 0.3) is 5.03 Å². The van der Waals surface area contributed by atoms with Gasteiger partial charge in [-0.3, -0.25) is 4.98 Å². The summed E-state index contributed by atoms with van der Waals surface area (Å²) >= 11 is -1.51. The number of carboxylic acid groups (broad SMARTS) is 1. The van der Waals surface area contributed by atoms with Gasteiger partial charge >= 0.3 is 6.09 Å². The molecule has 41 heavy (non-hydrogen) atoms. The SMILES string of the molecule is COCOc1cc(-c2ncc3c(nc([S+](C)[O-])c4cc(C)n(C5C6CC5N(C(=O)O)C6)c43)c2F)c2ccccc2c1. The van der Waals surface area contributed by atoms with Crippen molar-refractivity contribution >= 4 is 49.8 Å². The summed E-state index contributed by atoms with van der Waals surface area (Å²) in [5.41, 5.74) is 2.28. The van der Waals surface area contributed by atoms with Gasteiger partial charge in [0.15, 0.2) is 12.6 Å². The molecule has 3 fully saturated rings. The van der Waals surface area contributed by atoms with Crippen LogP contribution in [0.2, 0.25) is 0 Å². The van der Waals surface area contributed by atoms with Crippen molar-refractivity contribution < 1.29 is 28.3 Å². The maximum absolute atomic E-state index is 16.6. The first-order chi connectivity index (χ1) is 19.8. The monoisotopic (exact) mass is 574 g/mol. The highest BCUT2D eigenvalue weighted by Crippen LogP contribution is 2.52. The number of pyridine rings is 2. The summed E-state index contributed by atoms with van der Waals surface area (Å²) in [5.74, 6) is 0.0373. The van der Waals surface area contributed by atoms with Crippen LogP contribution in [0, 0.1) is 18.7 Å². The predicted octanol–water partition coefficient (Wildman–Crippen LogP) is 5.50. The van der Waals surface area contributed by atoms with E-state index in [-0.39, 0.29) is 41.0 Å². The van der Waals surface area contributed by atoms with Gasteiger partial charge in [-0.2, -0.15) is 4.98 Å². The molecule has 2 aromatic carbocycles. The van der Waals surface area contributed by atoms with E-state index in [4.69, 9.17) is 9.47 Å². The first-order valence-corrected chi connectivity index (χ1v) is 14.8. The van der Waals surface area contributed by atoms with Crippen LogP contribution in [0.3, 0.4) is 0 Å². The Hall–Kier alpha value is -3.93. The van der Waals surface area contributed by atoms with E-state index < -0.39 is 23.1 Å². The lowest BCUT2D eigenvalue weighted by Gasteiger charge is -2.38. The summed E-state index contributed by atoms with van der Waals surface area (Å²) in [7, 11) is 1.53. The number of ether oxygens (including phenoxy) is 2. The smallest absolute Gasteiger partial charge is 0.407 e. The summed E-state index contributed by atoms with van der Waals surface area (Å²) in [6.07, 6.45) is 3.01. The molecule has 9 nitrogen and oxygen atoms in total. The summed E-state index contributed by atoms with van der Waals surface area (Å²) in [6, 6.07) is 12.8. The molecule has 3 aliphatic rings. The number of benzene rings is 2. The topological polar surface area (TPSA) is 113 Å². The summed E-state index contributed by atoms with van der Waals surface area (Å²) < 4.78 is 42.4. The van der Waals surface area contributed by atoms with Crippen molar-refractivity contribution in [2.45, 2.75) is 30.5 Å². The van der Waals surface area contributed by atoms with E-state index >= 15 is 4.39 Å². The fraction of sp³-hybridized carbons (Fsp3) is 0.300. The third-order valence-corrected chi connectivity index (χ3v) is 9.28. The van der Waals surface area contributed by atoms with Gasteiger partial charge in [-0.1, -0.05) is 24.3 Å². The van der Waals surface area contributed by atoms with Crippen LogP contribution in [0.4, 0.5) is 9.18 Å². The second-order valence-electron chi connectivity index (χ2n) is 10.7. The van der Waals surface area contributed by atoms with Crippen molar-refractivity contribution in [3.05, 3.63) is 60.2 Å². The number of fused-ring (bicyclic) bond motifs is 5. The average Bonchev–Trinajstić information content (AvgIpc) is 3.64. The lowest BCUT2D eigenvalue weighted by Crippen LogP contribution is -2.42. The lowest BCUT2D eigenvalue weighted by atomic mass is 9.79. The highest BCUT2D eigenvalue weighted by molar-refractivity contribution is 7.90. The standard InChI is InChI=1S/C30H27FN4O5S/c1-15-8-21-28(35(15)27-17-10-23(27)34(13-17)30(36)37)22-12-32-25(24(31)26(22)33-29(21)41(3)38)20-11-18(40-14-39-2)9-16-6-4-5-7-19(16)20/h4-9,11-12,17,23,27H,10,13-14H2,1-3H3,(H,36,37). The number of carbonyl (C=O) groups is 1. The zero-order valence-electron chi connectivity index (χ0n) is 22.6. The molecule has 1 N–H and O–H groups in total. The molecule has 5 heterocycles. The van der Waals surface area contributed by atoms with Gasteiger partial charge in [-0.25, -0.2) is 9.18 Å². The Kier molecular flexibility index (Phi) is 6.07. The molecule has 2 bridgehead atoms. The number of methoxy groups -OCH3 is 1. The van der Waals surface area contributed by atoms with E-state index in [1.807, 2.05) is 43.3 Å². The summed E-state index contributed by atoms with van der Waals surface area (Å²) in [6.45, 7) is 2.44. The molecule has 3 aromatic heterocycles. The predicted molar refractivity (Wildman–Crippen MR) is 153 cm³/mol. The number of hydrogen-bond donors (Lipinski definition) is 1. The minimum absolute atomic E-state index is 0.0371. The second kappa shape index (κ2) is 9.57. The molecule has 210 valence electrons. The van der Waals surface area contributed by atoms with Crippen LogP contribution in [0.5, 0.6) is 5.75 Å². The molecule has 1 aliphatic carbocycles. The van der Waals surface area contributed by atoms with Gasteiger partial charge < -0.3 is 28.6 Å². The molecule has 5 aromatic rings. The van der Waals surface area contributed by atoms with Crippen LogP contribution in [0.1, 0.15) is 18.2 Å². The Morgan fingerprint density at radius 2 is 2.02 bits per heavy atom. The molecule has 4 unspecified atom stereocenters. The fourth-order valence-corrected chi connectivity index (χ4v) is 7.37. The summed E-state index contributed by atoms with van der Waals surface area (Å²) in [4.78, 5) is 22.6. The van der Waals surface area contributed by atoms with E-state index in [0.717, 1.165) is 22.9 Å². The lowest BCUT2D eigenvalue weighted by molar-refractivity contribution is 0.0512. The minimum Gasteiger partial charge on any atom is -0.610 e. The number of rotatable bonds is 6. The van der Waals surface area contributed by atoms with Crippen molar-refractivity contribution in [2.24, 2.45) is 5.92 Å². The molecule has 8 rings (SSSR count). The fourth-order valence-electron chi connectivity index (χ4n) is 6.69. The minimum atomic E-state index is -1.51. The third-order valence-electron chi connectivity index (χ3n) is 8.42. The van der Waals surface area contributed by atoms with Crippen LogP contribution in [-0.2, 0) is 15.9 Å². The molecular formula is C30H27FN4O5S. The molecule has 11 heteroatoms. The van der Waals surface area contributed by atoms with E-state index in [9.17, 15) is 14.5 Å². The molecule has 2 saturated heterocycles. The Bertz CT molecular complexity index is 1880. The van der Waals surface area contributed by atoms with Gasteiger partial charge in [0, 0.05) is 53.6 Å². The first kappa shape index (κ1) is 26.0. The van der Waals surface area contributed by atoms with Crippen LogP contribution < -0.4 is 4.74 Å². The van der Waals surface area contributed by atoms with Gasteiger partial charge in [-0.15, -0.1) is 0 Å². The Balaban J connectivity index is 1.48. The number of aromatic nitrogens is 3. The Morgan fingerprint density at radius 1 is 1.22 bits per heavy atom. The zero-order valence-corrected chi connectivity index (χ0v) is 23.4. The van der Waals surface area contributed by atoms with E-state index in [1.165, 1.54) is 18.3 Å². The highest BCUT2D eigenvalue weighted by atomic mass is 32.2. The molecule has 2 aliphatic heterocycles. The van der Waals surface area contributed by atoms with E-state index in [0.29, 0.717) is 34.1 Å². The van der Waals surface area contributed by atoms with Crippen molar-refractivity contribution in [1.82, 2.24) is 19.4 Å². The van der Waals surface area contributed by atoms with Crippen LogP contribution in [-0.4, -0.2) is 67.9 Å². The number of amides is 1. The second-order valence-corrected chi connectivity index (χ2v) is 12.0. The maximum Gasteiger partial charge on any atom is 0.407 e. The van der Waals surface area contributed by atoms with Crippen molar-refractivity contribution in [3.63, 3.8) is 0 Å². The largest absolute Gasteiger partial charge is 0.610 e. The number of hydrogen-bond acceptors (Lipinski definition) is 6. The normalized spacial score (nSPS) is 20.6. The van der Waals surface area contributed by atoms with Gasteiger partial charge in [0.2, 0.25) is 0 Å². The quantitative estimate of drug-likeness (QED) is 0.211. The van der Waals surface area contributed by atoms with Crippen molar-refractivity contribution in [1.29, 1.82) is 0 Å². The Morgan fingerprint density at radius 3 is 2.76 bits per heavy atom. The first-order valence-electron chi connectivity index (χ1n) is 13.3. The molecule has 0 spiro atoms. The molecule has 4 atom stereocenters. The van der Waals surface area contributed by atoms with Crippen LogP contribution >= 0.6 is 0 Å². The summed E-state index contributed by atoms with van der Waals surface area (Å²) in [5, 5.41) is 12.8. The number of nitrogens with zero attached hydrogens (tertiary/aromatic N) is 4. The molecule has 1 saturated carbocycles. The molecule has 1 amide bonds. The van der Waals surface area contributed by atoms with Gasteiger partial charge in [-0.05, 0) is 42.3 Å². The molecule has 0 radical (unpaired) electrons. The number of halogens is 1. The van der Waals surface area contributed by atoms with E-state index in [2.05, 4.69) is 14.5 Å². The third kappa shape index (κ3) is 3.87. The van der Waals surface area contributed by atoms with Crippen LogP contribution in [0.15, 0.2) is 53.7 Å².